The van der Waals surface area contributed by atoms with E-state index in [1.807, 2.05) is 13.1 Å². The highest BCUT2D eigenvalue weighted by atomic mass is 35.5. The smallest absolute Gasteiger partial charge is 0.110 e. The maximum absolute atomic E-state index is 6.27. The Morgan fingerprint density at radius 1 is 1.33 bits per heavy atom. The van der Waals surface area contributed by atoms with Crippen molar-refractivity contribution in [1.82, 2.24) is 14.9 Å². The van der Waals surface area contributed by atoms with E-state index in [0.717, 1.165) is 42.3 Å². The van der Waals surface area contributed by atoms with E-state index in [1.165, 1.54) is 5.56 Å². The topological polar surface area (TPSA) is 29.9 Å². The summed E-state index contributed by atoms with van der Waals surface area (Å²) in [7, 11) is 0. The minimum atomic E-state index is 0.242. The van der Waals surface area contributed by atoms with Crippen LogP contribution in [0.4, 0.5) is 0 Å². The third-order valence-electron chi connectivity index (χ3n) is 3.70. The molecule has 1 aromatic carbocycles. The molecule has 1 aromatic heterocycles. The van der Waals surface area contributed by atoms with E-state index in [4.69, 9.17) is 11.6 Å². The number of likely N-dealkylation sites (N-methyl/N-ethyl adjacent to an activating group) is 1. The molecule has 0 radical (unpaired) electrons. The van der Waals surface area contributed by atoms with Gasteiger partial charge in [0, 0.05) is 36.4 Å². The first-order valence-electron chi connectivity index (χ1n) is 7.65. The van der Waals surface area contributed by atoms with Crippen molar-refractivity contribution < 1.29 is 0 Å². The molecule has 4 heteroatoms. The predicted octanol–water partition coefficient (Wildman–Crippen LogP) is 4.15. The van der Waals surface area contributed by atoms with Crippen LogP contribution in [0.5, 0.6) is 0 Å². The quantitative estimate of drug-likeness (QED) is 0.833. The van der Waals surface area contributed by atoms with E-state index in [1.54, 1.807) is 0 Å². The summed E-state index contributed by atoms with van der Waals surface area (Å²) in [4.78, 5) is 4.51. The molecule has 0 aliphatic rings. The SMILES string of the molecule is CCCn1ccnc1CC(NCC)c1ccc(C)c(Cl)c1. The average Bonchev–Trinajstić information content (AvgIpc) is 2.89. The van der Waals surface area contributed by atoms with E-state index >= 15 is 0 Å². The number of nitrogens with one attached hydrogen (secondary N) is 1. The van der Waals surface area contributed by atoms with Crippen LogP contribution in [0.15, 0.2) is 30.6 Å². The Balaban J connectivity index is 2.22. The van der Waals surface area contributed by atoms with Crippen LogP contribution < -0.4 is 5.32 Å². The highest BCUT2D eigenvalue weighted by Gasteiger charge is 2.15. The van der Waals surface area contributed by atoms with Gasteiger partial charge in [-0.1, -0.05) is 37.6 Å². The first-order valence-corrected chi connectivity index (χ1v) is 8.03. The van der Waals surface area contributed by atoms with Crippen molar-refractivity contribution in [3.63, 3.8) is 0 Å². The Hall–Kier alpha value is -1.32. The van der Waals surface area contributed by atoms with E-state index < -0.39 is 0 Å². The molecule has 114 valence electrons. The maximum atomic E-state index is 6.27. The maximum Gasteiger partial charge on any atom is 0.110 e. The molecule has 0 saturated carbocycles. The normalized spacial score (nSPS) is 12.6. The third-order valence-corrected chi connectivity index (χ3v) is 4.11. The summed E-state index contributed by atoms with van der Waals surface area (Å²) < 4.78 is 2.24. The van der Waals surface area contributed by atoms with Crippen molar-refractivity contribution in [3.8, 4) is 0 Å². The molecule has 0 aliphatic carbocycles. The number of rotatable bonds is 7. The molecule has 1 heterocycles. The second-order valence-electron chi connectivity index (χ2n) is 5.36. The minimum absolute atomic E-state index is 0.242. The van der Waals surface area contributed by atoms with Gasteiger partial charge in [-0.15, -0.1) is 0 Å². The molecule has 0 saturated heterocycles. The van der Waals surface area contributed by atoms with Crippen LogP contribution in [-0.4, -0.2) is 16.1 Å². The van der Waals surface area contributed by atoms with Crippen molar-refractivity contribution in [2.75, 3.05) is 6.54 Å². The Kier molecular flexibility index (Phi) is 5.83. The van der Waals surface area contributed by atoms with Gasteiger partial charge in [-0.25, -0.2) is 4.98 Å². The number of imidazole rings is 1. The molecule has 0 spiro atoms. The summed E-state index contributed by atoms with van der Waals surface area (Å²) >= 11 is 6.27. The van der Waals surface area contributed by atoms with Gasteiger partial charge in [0.2, 0.25) is 0 Å². The predicted molar refractivity (Wildman–Crippen MR) is 88.8 cm³/mol. The second kappa shape index (κ2) is 7.62. The standard InChI is InChI=1S/C17H24ClN3/c1-4-9-21-10-8-20-17(21)12-16(19-5-2)14-7-6-13(3)15(18)11-14/h6-8,10-11,16,19H,4-5,9,12H2,1-3H3. The zero-order valence-corrected chi connectivity index (χ0v) is 13.8. The fourth-order valence-electron chi connectivity index (χ4n) is 2.54. The molecule has 21 heavy (non-hydrogen) atoms. The lowest BCUT2D eigenvalue weighted by atomic mass is 10.0. The monoisotopic (exact) mass is 305 g/mol. The summed E-state index contributed by atoms with van der Waals surface area (Å²) in [6.45, 7) is 8.28. The number of aryl methyl sites for hydroxylation is 2. The highest BCUT2D eigenvalue weighted by molar-refractivity contribution is 6.31. The Labute approximate surface area is 132 Å². The fraction of sp³-hybridized carbons (Fsp3) is 0.471. The summed E-state index contributed by atoms with van der Waals surface area (Å²) in [6, 6.07) is 6.55. The zero-order chi connectivity index (χ0) is 15.2. The summed E-state index contributed by atoms with van der Waals surface area (Å²) in [5, 5.41) is 4.37. The van der Waals surface area contributed by atoms with E-state index in [0.29, 0.717) is 0 Å². The van der Waals surface area contributed by atoms with Crippen molar-refractivity contribution in [3.05, 3.63) is 52.6 Å². The van der Waals surface area contributed by atoms with Gasteiger partial charge in [0.1, 0.15) is 5.82 Å². The molecule has 0 amide bonds. The van der Waals surface area contributed by atoms with Crippen LogP contribution in [-0.2, 0) is 13.0 Å². The van der Waals surface area contributed by atoms with E-state index in [9.17, 15) is 0 Å². The number of nitrogens with zero attached hydrogens (tertiary/aromatic N) is 2. The van der Waals surface area contributed by atoms with Gasteiger partial charge in [-0.05, 0) is 37.1 Å². The van der Waals surface area contributed by atoms with Gasteiger partial charge in [-0.2, -0.15) is 0 Å². The van der Waals surface area contributed by atoms with Crippen LogP contribution in [0.1, 0.15) is 43.3 Å². The third kappa shape index (κ3) is 4.08. The molecule has 3 nitrogen and oxygen atoms in total. The molecule has 1 atom stereocenters. The van der Waals surface area contributed by atoms with Crippen LogP contribution in [0, 0.1) is 6.92 Å². The molecular weight excluding hydrogens is 282 g/mol. The van der Waals surface area contributed by atoms with Gasteiger partial charge in [0.05, 0.1) is 0 Å². The summed E-state index contributed by atoms with van der Waals surface area (Å²) in [6.07, 6.45) is 5.94. The lowest BCUT2D eigenvalue weighted by molar-refractivity contribution is 0.516. The summed E-state index contributed by atoms with van der Waals surface area (Å²) in [5.41, 5.74) is 2.33. The number of benzene rings is 1. The highest BCUT2D eigenvalue weighted by Crippen LogP contribution is 2.23. The van der Waals surface area contributed by atoms with Crippen LogP contribution in [0.2, 0.25) is 5.02 Å². The molecule has 0 bridgehead atoms. The van der Waals surface area contributed by atoms with E-state index in [-0.39, 0.29) is 6.04 Å². The molecule has 2 rings (SSSR count). The van der Waals surface area contributed by atoms with Gasteiger partial charge >= 0.3 is 0 Å². The van der Waals surface area contributed by atoms with Crippen LogP contribution in [0.3, 0.4) is 0 Å². The van der Waals surface area contributed by atoms with Gasteiger partial charge in [0.15, 0.2) is 0 Å². The number of halogens is 1. The molecule has 0 aliphatic heterocycles. The second-order valence-corrected chi connectivity index (χ2v) is 5.77. The lowest BCUT2D eigenvalue weighted by Gasteiger charge is -2.19. The number of hydrogen-bond acceptors (Lipinski definition) is 2. The molecule has 1 N–H and O–H groups in total. The van der Waals surface area contributed by atoms with Crippen molar-refractivity contribution in [1.29, 1.82) is 0 Å². The Morgan fingerprint density at radius 2 is 2.14 bits per heavy atom. The fourth-order valence-corrected chi connectivity index (χ4v) is 2.73. The molecule has 2 aromatic rings. The molecule has 1 unspecified atom stereocenters. The average molecular weight is 306 g/mol. The van der Waals surface area contributed by atoms with Gasteiger partial charge in [0.25, 0.3) is 0 Å². The number of hydrogen-bond donors (Lipinski definition) is 1. The van der Waals surface area contributed by atoms with Crippen LogP contribution >= 0.6 is 11.6 Å². The number of aromatic nitrogens is 2. The van der Waals surface area contributed by atoms with Crippen molar-refractivity contribution in [2.45, 2.75) is 46.2 Å². The molecular formula is C17H24ClN3. The lowest BCUT2D eigenvalue weighted by Crippen LogP contribution is -2.24. The van der Waals surface area contributed by atoms with Gasteiger partial charge in [-0.3, -0.25) is 0 Å². The largest absolute Gasteiger partial charge is 0.335 e. The van der Waals surface area contributed by atoms with E-state index in [2.05, 4.69) is 53.1 Å². The summed E-state index contributed by atoms with van der Waals surface area (Å²) in [5.74, 6) is 1.12. The van der Waals surface area contributed by atoms with Crippen LogP contribution in [0.25, 0.3) is 0 Å². The zero-order valence-electron chi connectivity index (χ0n) is 13.1. The molecule has 0 fully saturated rings. The van der Waals surface area contributed by atoms with Gasteiger partial charge < -0.3 is 9.88 Å². The van der Waals surface area contributed by atoms with Crippen molar-refractivity contribution >= 4 is 11.6 Å². The Bertz CT molecular complexity index is 577. The minimum Gasteiger partial charge on any atom is -0.335 e. The van der Waals surface area contributed by atoms with Crippen molar-refractivity contribution in [2.24, 2.45) is 0 Å². The first kappa shape index (κ1) is 16.1. The first-order chi connectivity index (χ1) is 10.2. The Morgan fingerprint density at radius 3 is 2.81 bits per heavy atom.